The van der Waals surface area contributed by atoms with E-state index in [2.05, 4.69) is 56.7 Å². The summed E-state index contributed by atoms with van der Waals surface area (Å²) in [6.45, 7) is 6.52. The smallest absolute Gasteiger partial charge is 0.115 e. The van der Waals surface area contributed by atoms with Crippen molar-refractivity contribution >= 4 is 11.0 Å². The van der Waals surface area contributed by atoms with Crippen molar-refractivity contribution in [2.45, 2.75) is 44.4 Å². The lowest BCUT2D eigenvalue weighted by Crippen LogP contribution is -2.17. The lowest BCUT2D eigenvalue weighted by atomic mass is 9.96. The molecule has 19 heavy (non-hydrogen) atoms. The molecule has 0 atom stereocenters. The molecule has 1 aromatic heterocycles. The minimum atomic E-state index is -0.222. The minimum absolute atomic E-state index is 0.0282. The number of hydrogen-bond donors (Lipinski definition) is 0. The Balaban J connectivity index is 2.20. The summed E-state index contributed by atoms with van der Waals surface area (Å²) >= 11 is 0. The quantitative estimate of drug-likeness (QED) is 0.781. The van der Waals surface area contributed by atoms with Crippen LogP contribution in [0.15, 0.2) is 18.2 Å². The van der Waals surface area contributed by atoms with Gasteiger partial charge in [0.15, 0.2) is 0 Å². The van der Waals surface area contributed by atoms with Gasteiger partial charge in [-0.25, -0.2) is 4.98 Å². The first-order chi connectivity index (χ1) is 8.87. The molecule has 98 valence electrons. The van der Waals surface area contributed by atoms with Crippen LogP contribution in [-0.2, 0) is 17.9 Å². The van der Waals surface area contributed by atoms with Crippen LogP contribution in [0.3, 0.4) is 0 Å². The molecule has 1 saturated carbocycles. The summed E-state index contributed by atoms with van der Waals surface area (Å²) in [4.78, 5) is 4.73. The molecule has 0 unspecified atom stereocenters. The Morgan fingerprint density at radius 2 is 2.00 bits per heavy atom. The summed E-state index contributed by atoms with van der Waals surface area (Å²) in [5.74, 6) is 1.08. The molecule has 1 aliphatic rings. The Bertz CT molecular complexity index is 691. The second kappa shape index (κ2) is 3.60. The lowest BCUT2D eigenvalue weighted by Gasteiger charge is -2.17. The van der Waals surface area contributed by atoms with E-state index >= 15 is 0 Å². The number of aromatic nitrogens is 2. The highest BCUT2D eigenvalue weighted by Crippen LogP contribution is 2.48. The second-order valence-corrected chi connectivity index (χ2v) is 6.64. The highest BCUT2D eigenvalue weighted by molar-refractivity contribution is 5.78. The number of rotatable bonds is 1. The van der Waals surface area contributed by atoms with E-state index < -0.39 is 0 Å². The lowest BCUT2D eigenvalue weighted by molar-refractivity contribution is 0.526. The van der Waals surface area contributed by atoms with E-state index in [1.165, 1.54) is 0 Å². The molecule has 0 amide bonds. The van der Waals surface area contributed by atoms with Crippen LogP contribution in [0.25, 0.3) is 11.0 Å². The molecule has 3 heteroatoms. The van der Waals surface area contributed by atoms with Crippen molar-refractivity contribution in [1.29, 1.82) is 5.26 Å². The van der Waals surface area contributed by atoms with Gasteiger partial charge in [0.25, 0.3) is 0 Å². The van der Waals surface area contributed by atoms with Gasteiger partial charge in [-0.15, -0.1) is 0 Å². The van der Waals surface area contributed by atoms with Gasteiger partial charge in [0.05, 0.1) is 22.5 Å². The average molecular weight is 253 g/mol. The summed E-state index contributed by atoms with van der Waals surface area (Å²) in [5.41, 5.74) is 3.10. The number of aryl methyl sites for hydroxylation is 1. The molecule has 3 rings (SSSR count). The standard InChI is InChI=1S/C16H19N3/c1-15(2,3)14-18-12-6-5-11(9-13(12)19(14)4)16(10-17)7-8-16/h5-6,9H,7-8H2,1-4H3. The van der Waals surface area contributed by atoms with E-state index in [0.29, 0.717) is 0 Å². The predicted molar refractivity (Wildman–Crippen MR) is 75.9 cm³/mol. The molecular weight excluding hydrogens is 234 g/mol. The SMILES string of the molecule is Cn1c(C(C)(C)C)nc2ccc(C3(C#N)CC3)cc21. The molecule has 1 fully saturated rings. The summed E-state index contributed by atoms with van der Waals surface area (Å²) in [6.07, 6.45) is 1.97. The van der Waals surface area contributed by atoms with Crippen LogP contribution in [0.4, 0.5) is 0 Å². The zero-order chi connectivity index (χ0) is 13.8. The molecule has 3 nitrogen and oxygen atoms in total. The van der Waals surface area contributed by atoms with Gasteiger partial charge in [0, 0.05) is 12.5 Å². The Labute approximate surface area is 113 Å². The maximum Gasteiger partial charge on any atom is 0.115 e. The van der Waals surface area contributed by atoms with Crippen LogP contribution >= 0.6 is 0 Å². The van der Waals surface area contributed by atoms with Gasteiger partial charge in [-0.3, -0.25) is 0 Å². The van der Waals surface area contributed by atoms with Crippen LogP contribution in [0, 0.1) is 11.3 Å². The van der Waals surface area contributed by atoms with E-state index in [-0.39, 0.29) is 10.8 Å². The van der Waals surface area contributed by atoms with Crippen molar-refractivity contribution in [2.75, 3.05) is 0 Å². The van der Waals surface area contributed by atoms with E-state index in [1.807, 2.05) is 0 Å². The predicted octanol–water partition coefficient (Wildman–Crippen LogP) is 3.43. The Kier molecular flexibility index (Phi) is 2.32. The van der Waals surface area contributed by atoms with Gasteiger partial charge in [-0.2, -0.15) is 5.26 Å². The second-order valence-electron chi connectivity index (χ2n) is 6.64. The van der Waals surface area contributed by atoms with Gasteiger partial charge >= 0.3 is 0 Å². The largest absolute Gasteiger partial charge is 0.331 e. The van der Waals surface area contributed by atoms with Crippen molar-refractivity contribution in [2.24, 2.45) is 7.05 Å². The Morgan fingerprint density at radius 3 is 2.53 bits per heavy atom. The molecule has 1 aromatic carbocycles. The van der Waals surface area contributed by atoms with Crippen molar-refractivity contribution < 1.29 is 0 Å². The van der Waals surface area contributed by atoms with Gasteiger partial charge in [-0.05, 0) is 30.5 Å². The molecule has 1 heterocycles. The van der Waals surface area contributed by atoms with Crippen LogP contribution in [0.1, 0.15) is 45.0 Å². The van der Waals surface area contributed by atoms with E-state index in [0.717, 1.165) is 35.3 Å². The first-order valence-corrected chi connectivity index (χ1v) is 6.76. The normalized spacial score (nSPS) is 17.4. The van der Waals surface area contributed by atoms with Crippen LogP contribution < -0.4 is 0 Å². The van der Waals surface area contributed by atoms with E-state index in [9.17, 15) is 5.26 Å². The first-order valence-electron chi connectivity index (χ1n) is 6.76. The number of benzene rings is 1. The summed E-state index contributed by atoms with van der Waals surface area (Å²) in [7, 11) is 2.06. The highest BCUT2D eigenvalue weighted by Gasteiger charge is 2.45. The first kappa shape index (κ1) is 12.2. The molecule has 0 aliphatic heterocycles. The molecular formula is C16H19N3. The maximum atomic E-state index is 9.31. The van der Waals surface area contributed by atoms with Crippen molar-refractivity contribution in [3.05, 3.63) is 29.6 Å². The van der Waals surface area contributed by atoms with Gasteiger partial charge < -0.3 is 4.57 Å². The fourth-order valence-electron chi connectivity index (χ4n) is 2.75. The van der Waals surface area contributed by atoms with Crippen LogP contribution in [0.2, 0.25) is 0 Å². The van der Waals surface area contributed by atoms with Crippen LogP contribution in [0.5, 0.6) is 0 Å². The Morgan fingerprint density at radius 1 is 1.32 bits per heavy atom. The highest BCUT2D eigenvalue weighted by atomic mass is 15.1. The maximum absolute atomic E-state index is 9.31. The fourth-order valence-corrected chi connectivity index (χ4v) is 2.75. The number of nitrogens with zero attached hydrogens (tertiary/aromatic N) is 3. The summed E-state index contributed by atoms with van der Waals surface area (Å²) < 4.78 is 2.16. The molecule has 1 aliphatic carbocycles. The minimum Gasteiger partial charge on any atom is -0.331 e. The zero-order valence-corrected chi connectivity index (χ0v) is 12.0. The summed E-state index contributed by atoms with van der Waals surface area (Å²) in [6, 6.07) is 8.73. The molecule has 0 spiro atoms. The molecule has 0 bridgehead atoms. The van der Waals surface area contributed by atoms with Gasteiger partial charge in [0.2, 0.25) is 0 Å². The number of nitriles is 1. The van der Waals surface area contributed by atoms with Gasteiger partial charge in [0.1, 0.15) is 5.82 Å². The zero-order valence-electron chi connectivity index (χ0n) is 12.0. The van der Waals surface area contributed by atoms with Crippen LogP contribution in [-0.4, -0.2) is 9.55 Å². The third-order valence-electron chi connectivity index (χ3n) is 4.07. The molecule has 2 aromatic rings. The monoisotopic (exact) mass is 253 g/mol. The van der Waals surface area contributed by atoms with E-state index in [4.69, 9.17) is 4.98 Å². The molecule has 0 saturated heterocycles. The number of imidazole rings is 1. The Hall–Kier alpha value is -1.82. The number of hydrogen-bond acceptors (Lipinski definition) is 2. The van der Waals surface area contributed by atoms with Crippen molar-refractivity contribution in [3.8, 4) is 6.07 Å². The van der Waals surface area contributed by atoms with Crippen molar-refractivity contribution in [3.63, 3.8) is 0 Å². The average Bonchev–Trinajstić information content (AvgIpc) is 3.08. The van der Waals surface area contributed by atoms with Gasteiger partial charge in [-0.1, -0.05) is 26.8 Å². The molecule has 0 radical (unpaired) electrons. The molecule has 0 N–H and O–H groups in total. The number of fused-ring (bicyclic) bond motifs is 1. The summed E-state index contributed by atoms with van der Waals surface area (Å²) in [5, 5.41) is 9.31. The topological polar surface area (TPSA) is 41.6 Å². The third kappa shape index (κ3) is 1.74. The third-order valence-corrected chi connectivity index (χ3v) is 4.07. The van der Waals surface area contributed by atoms with E-state index in [1.54, 1.807) is 0 Å². The fraction of sp³-hybridized carbons (Fsp3) is 0.500. The van der Waals surface area contributed by atoms with Crippen molar-refractivity contribution in [1.82, 2.24) is 9.55 Å².